The Morgan fingerprint density at radius 3 is 1.88 bits per heavy atom. The summed E-state index contributed by atoms with van der Waals surface area (Å²) in [5.41, 5.74) is 0. The van der Waals surface area contributed by atoms with E-state index in [1.165, 1.54) is 0 Å². The fraction of sp³-hybridized carbons (Fsp3) is 0.722. The molecule has 8 nitrogen and oxygen atoms in total. The van der Waals surface area contributed by atoms with Crippen molar-refractivity contribution in [2.45, 2.75) is 13.8 Å². The van der Waals surface area contributed by atoms with E-state index in [-0.39, 0.29) is 18.4 Å². The van der Waals surface area contributed by atoms with Crippen molar-refractivity contribution in [3.63, 3.8) is 0 Å². The molecule has 2 aliphatic rings. The quantitative estimate of drug-likeness (QED) is 0.784. The van der Waals surface area contributed by atoms with Crippen LogP contribution in [0.1, 0.15) is 13.8 Å². The first kappa shape index (κ1) is 18.8. The minimum atomic E-state index is 0.0541. The Morgan fingerprint density at radius 1 is 0.962 bits per heavy atom. The summed E-state index contributed by atoms with van der Waals surface area (Å²) >= 11 is 0. The zero-order valence-electron chi connectivity index (χ0n) is 15.8. The van der Waals surface area contributed by atoms with Crippen LogP contribution in [0, 0.1) is 5.92 Å². The average Bonchev–Trinajstić information content (AvgIpc) is 2.68. The predicted octanol–water partition coefficient (Wildman–Crippen LogP) is -0.104. The van der Waals surface area contributed by atoms with Crippen molar-refractivity contribution in [2.75, 3.05) is 75.3 Å². The summed E-state index contributed by atoms with van der Waals surface area (Å²) in [5, 5.41) is 17.9. The van der Waals surface area contributed by atoms with Gasteiger partial charge in [0.25, 0.3) is 0 Å². The van der Waals surface area contributed by atoms with Crippen molar-refractivity contribution in [1.82, 2.24) is 20.0 Å². The van der Waals surface area contributed by atoms with E-state index in [0.717, 1.165) is 70.5 Å². The van der Waals surface area contributed by atoms with E-state index in [4.69, 9.17) is 5.11 Å². The highest BCUT2D eigenvalue weighted by atomic mass is 16.3. The molecule has 26 heavy (non-hydrogen) atoms. The number of aromatic nitrogens is 2. The number of aliphatic hydroxyl groups is 1. The Labute approximate surface area is 155 Å². The van der Waals surface area contributed by atoms with Gasteiger partial charge in [0.2, 0.25) is 5.91 Å². The molecule has 0 aliphatic carbocycles. The van der Waals surface area contributed by atoms with Crippen LogP contribution >= 0.6 is 0 Å². The first-order valence-corrected chi connectivity index (χ1v) is 9.54. The zero-order chi connectivity index (χ0) is 18.5. The summed E-state index contributed by atoms with van der Waals surface area (Å²) < 4.78 is 0. The van der Waals surface area contributed by atoms with E-state index in [1.807, 2.05) is 30.9 Å². The van der Waals surface area contributed by atoms with Crippen molar-refractivity contribution >= 4 is 17.5 Å². The van der Waals surface area contributed by atoms with Crippen LogP contribution in [0.25, 0.3) is 0 Å². The van der Waals surface area contributed by atoms with Gasteiger partial charge >= 0.3 is 0 Å². The molecule has 0 atom stereocenters. The third kappa shape index (κ3) is 4.42. The summed E-state index contributed by atoms with van der Waals surface area (Å²) in [6.07, 6.45) is 0. The van der Waals surface area contributed by atoms with Crippen LogP contribution < -0.4 is 9.80 Å². The summed E-state index contributed by atoms with van der Waals surface area (Å²) in [4.78, 5) is 20.7. The molecule has 3 heterocycles. The third-order valence-corrected chi connectivity index (χ3v) is 5.16. The maximum absolute atomic E-state index is 12.1. The van der Waals surface area contributed by atoms with E-state index in [1.54, 1.807) is 0 Å². The number of hydrogen-bond donors (Lipinski definition) is 1. The minimum Gasteiger partial charge on any atom is -0.395 e. The van der Waals surface area contributed by atoms with E-state index < -0.39 is 0 Å². The van der Waals surface area contributed by atoms with Gasteiger partial charge < -0.3 is 19.8 Å². The van der Waals surface area contributed by atoms with Crippen LogP contribution in [-0.2, 0) is 4.79 Å². The normalized spacial score (nSPS) is 19.3. The molecule has 1 N–H and O–H groups in total. The largest absolute Gasteiger partial charge is 0.395 e. The predicted molar refractivity (Wildman–Crippen MR) is 101 cm³/mol. The lowest BCUT2D eigenvalue weighted by molar-refractivity contribution is -0.134. The molecule has 144 valence electrons. The molecule has 0 aromatic carbocycles. The molecule has 8 heteroatoms. The van der Waals surface area contributed by atoms with Crippen LogP contribution in [0.15, 0.2) is 12.1 Å². The van der Waals surface area contributed by atoms with Crippen LogP contribution in [-0.4, -0.2) is 96.5 Å². The Morgan fingerprint density at radius 2 is 1.46 bits per heavy atom. The van der Waals surface area contributed by atoms with Crippen LogP contribution in [0.4, 0.5) is 11.6 Å². The molecule has 1 aromatic heterocycles. The SMILES string of the molecule is CC(C)C(=O)N1CCN(c2ccc(N3CCN(CCO)CC3)nn2)CC1. The molecular weight excluding hydrogens is 332 g/mol. The van der Waals surface area contributed by atoms with Gasteiger partial charge in [0.15, 0.2) is 11.6 Å². The first-order valence-electron chi connectivity index (χ1n) is 9.54. The minimum absolute atomic E-state index is 0.0541. The second kappa shape index (κ2) is 8.64. The summed E-state index contributed by atoms with van der Waals surface area (Å²) in [7, 11) is 0. The number of hydrogen-bond acceptors (Lipinski definition) is 7. The fourth-order valence-corrected chi connectivity index (χ4v) is 3.52. The maximum Gasteiger partial charge on any atom is 0.225 e. The molecule has 1 amide bonds. The van der Waals surface area contributed by atoms with Crippen LogP contribution in [0.3, 0.4) is 0 Å². The molecule has 3 rings (SSSR count). The highest BCUT2D eigenvalue weighted by Gasteiger charge is 2.24. The number of carbonyl (C=O) groups excluding carboxylic acids is 1. The van der Waals surface area contributed by atoms with Gasteiger partial charge in [-0.2, -0.15) is 0 Å². The zero-order valence-corrected chi connectivity index (χ0v) is 15.8. The number of rotatable bonds is 5. The lowest BCUT2D eigenvalue weighted by atomic mass is 10.1. The van der Waals surface area contributed by atoms with E-state index in [0.29, 0.717) is 0 Å². The number of anilines is 2. The molecule has 0 spiro atoms. The van der Waals surface area contributed by atoms with Gasteiger partial charge in [-0.25, -0.2) is 0 Å². The van der Waals surface area contributed by atoms with Gasteiger partial charge in [0, 0.05) is 64.8 Å². The van der Waals surface area contributed by atoms with E-state index in [2.05, 4.69) is 24.9 Å². The number of piperazine rings is 2. The molecule has 1 aromatic rings. The molecule has 2 aliphatic heterocycles. The highest BCUT2D eigenvalue weighted by molar-refractivity contribution is 5.78. The molecule has 0 unspecified atom stereocenters. The molecule has 0 bridgehead atoms. The van der Waals surface area contributed by atoms with Crippen LogP contribution in [0.5, 0.6) is 0 Å². The Kier molecular flexibility index (Phi) is 6.26. The smallest absolute Gasteiger partial charge is 0.225 e. The second-order valence-corrected chi connectivity index (χ2v) is 7.27. The van der Waals surface area contributed by atoms with Crippen molar-refractivity contribution in [2.24, 2.45) is 5.92 Å². The monoisotopic (exact) mass is 362 g/mol. The van der Waals surface area contributed by atoms with Gasteiger partial charge in [-0.05, 0) is 12.1 Å². The third-order valence-electron chi connectivity index (χ3n) is 5.16. The van der Waals surface area contributed by atoms with Crippen molar-refractivity contribution < 1.29 is 9.90 Å². The Hall–Kier alpha value is -1.93. The number of carbonyl (C=O) groups is 1. The van der Waals surface area contributed by atoms with Crippen molar-refractivity contribution in [3.05, 3.63) is 12.1 Å². The number of aliphatic hydroxyl groups excluding tert-OH is 1. The van der Waals surface area contributed by atoms with Gasteiger partial charge in [-0.15, -0.1) is 10.2 Å². The fourth-order valence-electron chi connectivity index (χ4n) is 3.52. The lowest BCUT2D eigenvalue weighted by Gasteiger charge is -2.36. The lowest BCUT2D eigenvalue weighted by Crippen LogP contribution is -2.50. The Balaban J connectivity index is 1.52. The summed E-state index contributed by atoms with van der Waals surface area (Å²) in [6.45, 7) is 11.6. The molecule has 0 radical (unpaired) electrons. The topological polar surface area (TPSA) is 76.0 Å². The molecule has 0 saturated carbocycles. The molecular formula is C18H30N6O2. The second-order valence-electron chi connectivity index (χ2n) is 7.27. The maximum atomic E-state index is 12.1. The first-order chi connectivity index (χ1) is 12.6. The van der Waals surface area contributed by atoms with Gasteiger partial charge in [0.05, 0.1) is 6.61 Å². The number of β-amino-alcohol motifs (C(OH)–C–C–N with tert-alkyl or cyclic N) is 1. The van der Waals surface area contributed by atoms with E-state index in [9.17, 15) is 4.79 Å². The van der Waals surface area contributed by atoms with Crippen molar-refractivity contribution in [3.8, 4) is 0 Å². The summed E-state index contributed by atoms with van der Waals surface area (Å²) in [5.74, 6) is 2.07. The highest BCUT2D eigenvalue weighted by Crippen LogP contribution is 2.18. The van der Waals surface area contributed by atoms with E-state index >= 15 is 0 Å². The van der Waals surface area contributed by atoms with Crippen molar-refractivity contribution in [1.29, 1.82) is 0 Å². The molecule has 2 saturated heterocycles. The number of nitrogens with zero attached hydrogens (tertiary/aromatic N) is 6. The van der Waals surface area contributed by atoms with Gasteiger partial charge in [-0.1, -0.05) is 13.8 Å². The number of amides is 1. The molecule has 2 fully saturated rings. The standard InChI is InChI=1S/C18H30N6O2/c1-15(2)18(26)24-11-9-23(10-12-24)17-4-3-16(19-20-17)22-7-5-21(6-8-22)13-14-25/h3-4,15,25H,5-14H2,1-2H3. The average molecular weight is 362 g/mol. The van der Waals surface area contributed by atoms with Gasteiger partial charge in [-0.3, -0.25) is 9.69 Å². The summed E-state index contributed by atoms with van der Waals surface area (Å²) in [6, 6.07) is 4.07. The Bertz CT molecular complexity index is 578. The van der Waals surface area contributed by atoms with Crippen LogP contribution in [0.2, 0.25) is 0 Å². The van der Waals surface area contributed by atoms with Gasteiger partial charge in [0.1, 0.15) is 0 Å².